The summed E-state index contributed by atoms with van der Waals surface area (Å²) < 4.78 is 4.78. The highest BCUT2D eigenvalue weighted by Crippen LogP contribution is 2.47. The highest BCUT2D eigenvalue weighted by molar-refractivity contribution is 8.04. The Morgan fingerprint density at radius 1 is 1.56 bits per heavy atom. The van der Waals surface area contributed by atoms with Crippen molar-refractivity contribution in [3.63, 3.8) is 0 Å². The van der Waals surface area contributed by atoms with Crippen LogP contribution in [0.1, 0.15) is 12.8 Å². The number of ether oxygens (including phenoxy) is 1. The van der Waals surface area contributed by atoms with Gasteiger partial charge in [-0.25, -0.2) is 4.79 Å². The molecule has 98 valence electrons. The summed E-state index contributed by atoms with van der Waals surface area (Å²) in [5.41, 5.74) is 0.0168. The molecule has 1 unspecified atom stereocenters. The minimum Gasteiger partial charge on any atom is -0.477 e. The summed E-state index contributed by atoms with van der Waals surface area (Å²) in [6.07, 6.45) is 0.640. The van der Waals surface area contributed by atoms with E-state index in [1.54, 1.807) is 0 Å². The van der Waals surface area contributed by atoms with Crippen molar-refractivity contribution in [3.8, 4) is 0 Å². The fraction of sp³-hybridized carbons (Fsp3) is 0.500. The molecule has 1 N–H and O–H groups in total. The molecule has 18 heavy (non-hydrogen) atoms. The van der Waals surface area contributed by atoms with Crippen LogP contribution in [0.5, 0.6) is 0 Å². The quantitative estimate of drug-likeness (QED) is 0.457. The van der Waals surface area contributed by atoms with Crippen LogP contribution in [0, 0.1) is 0 Å². The summed E-state index contributed by atoms with van der Waals surface area (Å²) in [6, 6.07) is 0. The van der Waals surface area contributed by atoms with Crippen molar-refractivity contribution in [1.82, 2.24) is 4.90 Å². The Labute approximate surface area is 112 Å². The highest BCUT2D eigenvalue weighted by Gasteiger charge is 2.48. The van der Waals surface area contributed by atoms with Crippen LogP contribution in [0.3, 0.4) is 0 Å². The van der Waals surface area contributed by atoms with E-state index in [-0.39, 0.29) is 35.9 Å². The summed E-state index contributed by atoms with van der Waals surface area (Å²) in [5.74, 6) is -2.09. The van der Waals surface area contributed by atoms with Crippen molar-refractivity contribution in [2.45, 2.75) is 18.2 Å². The van der Waals surface area contributed by atoms with Crippen molar-refractivity contribution in [2.75, 3.05) is 12.5 Å². The van der Waals surface area contributed by atoms with Crippen LogP contribution in [-0.2, 0) is 19.1 Å². The fourth-order valence-electron chi connectivity index (χ4n) is 1.80. The van der Waals surface area contributed by atoms with Crippen LogP contribution in [0.2, 0.25) is 0 Å². The molecule has 8 heteroatoms. The van der Waals surface area contributed by atoms with Crippen LogP contribution < -0.4 is 0 Å². The number of aliphatic carboxylic acids is 1. The number of hydrogen-bond donors (Lipinski definition) is 1. The third-order valence-corrected chi connectivity index (χ3v) is 4.14. The lowest BCUT2D eigenvalue weighted by Gasteiger charge is -2.33. The maximum Gasteiger partial charge on any atom is 0.353 e. The molecular weight excluding hydrogens is 282 g/mol. The summed E-state index contributed by atoms with van der Waals surface area (Å²) >= 11 is 6.60. The van der Waals surface area contributed by atoms with Crippen molar-refractivity contribution in [1.29, 1.82) is 0 Å². The smallest absolute Gasteiger partial charge is 0.353 e. The lowest BCUT2D eigenvalue weighted by molar-refractivity contribution is -0.145. The van der Waals surface area contributed by atoms with Crippen LogP contribution >= 0.6 is 23.4 Å². The van der Waals surface area contributed by atoms with Crippen LogP contribution in [0.15, 0.2) is 10.6 Å². The maximum absolute atomic E-state index is 11.3. The molecule has 1 saturated heterocycles. The number of amides is 1. The molecule has 1 atom stereocenters. The number of carbonyl (C=O) groups excluding carboxylic acids is 2. The van der Waals surface area contributed by atoms with Gasteiger partial charge in [-0.1, -0.05) is 0 Å². The van der Waals surface area contributed by atoms with Gasteiger partial charge in [0, 0.05) is 11.3 Å². The van der Waals surface area contributed by atoms with Crippen molar-refractivity contribution < 1.29 is 24.2 Å². The molecule has 0 aromatic heterocycles. The number of alkyl halides is 1. The molecule has 0 aromatic rings. The van der Waals surface area contributed by atoms with E-state index in [2.05, 4.69) is 0 Å². The third-order valence-electron chi connectivity index (χ3n) is 2.59. The number of carbonyl (C=O) groups is 3. The predicted molar refractivity (Wildman–Crippen MR) is 63.8 cm³/mol. The third kappa shape index (κ3) is 2.32. The van der Waals surface area contributed by atoms with E-state index in [4.69, 9.17) is 21.4 Å². The zero-order valence-electron chi connectivity index (χ0n) is 9.22. The van der Waals surface area contributed by atoms with Gasteiger partial charge in [0.25, 0.3) is 0 Å². The van der Waals surface area contributed by atoms with E-state index in [9.17, 15) is 14.4 Å². The standard InChI is InChI=1S/C10H10ClNO5S/c11-4-8(14)17-2-1-5-9(10(15)16)12-6(13)3-7(12)18-5/h7H,1-4H2,(H,15,16). The number of thioether (sulfide) groups is 1. The Balaban J connectivity index is 2.00. The monoisotopic (exact) mass is 291 g/mol. The molecule has 0 bridgehead atoms. The maximum atomic E-state index is 11.3. The number of esters is 1. The van der Waals surface area contributed by atoms with Gasteiger partial charge in [-0.15, -0.1) is 23.4 Å². The summed E-state index contributed by atoms with van der Waals surface area (Å²) in [6.45, 7) is 0.0689. The van der Waals surface area contributed by atoms with E-state index in [1.807, 2.05) is 0 Å². The summed E-state index contributed by atoms with van der Waals surface area (Å²) in [7, 11) is 0. The van der Waals surface area contributed by atoms with Gasteiger partial charge in [0.05, 0.1) is 18.4 Å². The van der Waals surface area contributed by atoms with Crippen LogP contribution in [0.25, 0.3) is 0 Å². The largest absolute Gasteiger partial charge is 0.477 e. The first kappa shape index (κ1) is 13.2. The molecule has 1 amide bonds. The van der Waals surface area contributed by atoms with Gasteiger partial charge < -0.3 is 9.84 Å². The lowest BCUT2D eigenvalue weighted by Crippen LogP contribution is -2.48. The van der Waals surface area contributed by atoms with Crippen molar-refractivity contribution >= 4 is 41.2 Å². The topological polar surface area (TPSA) is 83.9 Å². The van der Waals surface area contributed by atoms with Crippen LogP contribution in [-0.4, -0.2) is 45.7 Å². The predicted octanol–water partition coefficient (Wildman–Crippen LogP) is 0.760. The number of carboxylic acid groups (broad SMARTS) is 1. The average Bonchev–Trinajstić information content (AvgIpc) is 2.61. The van der Waals surface area contributed by atoms with Crippen LogP contribution in [0.4, 0.5) is 0 Å². The molecule has 0 radical (unpaired) electrons. The van der Waals surface area contributed by atoms with Gasteiger partial charge in [0.15, 0.2) is 0 Å². The number of carboxylic acids is 1. The Bertz CT molecular complexity index is 450. The Morgan fingerprint density at radius 3 is 2.83 bits per heavy atom. The molecule has 2 aliphatic rings. The van der Waals surface area contributed by atoms with Gasteiger partial charge in [-0.2, -0.15) is 0 Å². The van der Waals surface area contributed by atoms with Crippen molar-refractivity contribution in [3.05, 3.63) is 10.6 Å². The number of halogens is 1. The molecule has 2 rings (SSSR count). The molecular formula is C10H10ClNO5S. The van der Waals surface area contributed by atoms with E-state index >= 15 is 0 Å². The molecule has 0 aliphatic carbocycles. The van der Waals surface area contributed by atoms with Gasteiger partial charge in [-0.3, -0.25) is 14.5 Å². The molecule has 6 nitrogen and oxygen atoms in total. The van der Waals surface area contributed by atoms with Gasteiger partial charge in [-0.05, 0) is 0 Å². The van der Waals surface area contributed by atoms with Gasteiger partial charge in [0.1, 0.15) is 11.6 Å². The molecule has 0 spiro atoms. The Hall–Kier alpha value is -1.21. The van der Waals surface area contributed by atoms with Gasteiger partial charge in [0.2, 0.25) is 5.91 Å². The molecule has 1 fully saturated rings. The second-order valence-corrected chi connectivity index (χ2v) is 5.26. The highest BCUT2D eigenvalue weighted by atomic mass is 35.5. The fourth-order valence-corrected chi connectivity index (χ4v) is 3.26. The van der Waals surface area contributed by atoms with E-state index in [1.165, 1.54) is 16.7 Å². The molecule has 0 aromatic carbocycles. The number of rotatable bonds is 5. The van der Waals surface area contributed by atoms with E-state index in [0.29, 0.717) is 11.3 Å². The second kappa shape index (κ2) is 5.19. The van der Waals surface area contributed by atoms with Crippen molar-refractivity contribution in [2.24, 2.45) is 0 Å². The first-order valence-electron chi connectivity index (χ1n) is 5.21. The number of β-lactam (4-membered cyclic amide) rings is 1. The van der Waals surface area contributed by atoms with E-state index < -0.39 is 11.9 Å². The Kier molecular flexibility index (Phi) is 3.82. The minimum absolute atomic E-state index is 0.0168. The first-order chi connectivity index (χ1) is 8.54. The summed E-state index contributed by atoms with van der Waals surface area (Å²) in [5, 5.41) is 8.98. The minimum atomic E-state index is -1.13. The number of hydrogen-bond acceptors (Lipinski definition) is 5. The summed E-state index contributed by atoms with van der Waals surface area (Å²) in [4.78, 5) is 35.1. The number of nitrogens with zero attached hydrogens (tertiary/aromatic N) is 1. The second-order valence-electron chi connectivity index (χ2n) is 3.72. The molecule has 0 saturated carbocycles. The Morgan fingerprint density at radius 2 is 2.28 bits per heavy atom. The number of fused-ring (bicyclic) bond motifs is 1. The SMILES string of the molecule is O=C(CCl)OCCC1=C(C(=O)O)N2C(=O)CC2S1. The van der Waals surface area contributed by atoms with Gasteiger partial charge >= 0.3 is 11.9 Å². The van der Waals surface area contributed by atoms with E-state index in [0.717, 1.165) is 0 Å². The normalized spacial score (nSPS) is 21.7. The zero-order valence-corrected chi connectivity index (χ0v) is 10.8. The average molecular weight is 292 g/mol. The molecule has 2 heterocycles. The first-order valence-corrected chi connectivity index (χ1v) is 6.62. The lowest BCUT2D eigenvalue weighted by atomic mass is 10.1. The molecule has 2 aliphatic heterocycles. The zero-order chi connectivity index (χ0) is 13.3.